The molecule has 194 valence electrons. The number of fused-ring (bicyclic) bond motifs is 5. The van der Waals surface area contributed by atoms with Crippen LogP contribution in [0.2, 0.25) is 0 Å². The molecule has 1 atom stereocenters. The minimum absolute atomic E-state index is 0.155. The molecule has 36 heavy (non-hydrogen) atoms. The molecule has 1 unspecified atom stereocenters. The van der Waals surface area contributed by atoms with Crippen LogP contribution < -0.4 is 5.56 Å². The number of aromatic nitrogens is 3. The summed E-state index contributed by atoms with van der Waals surface area (Å²) in [6, 6.07) is 13.3. The molecule has 1 fully saturated rings. The van der Waals surface area contributed by atoms with Gasteiger partial charge in [-0.2, -0.15) is 4.98 Å². The highest BCUT2D eigenvalue weighted by Gasteiger charge is 2.25. The first kappa shape index (κ1) is 26.9. The normalized spacial score (nSPS) is 15.0. The molecule has 1 aliphatic carbocycles. The Balaban J connectivity index is 0.000000455. The van der Waals surface area contributed by atoms with Crippen LogP contribution in [0, 0.1) is 0 Å². The van der Waals surface area contributed by atoms with E-state index in [0.717, 1.165) is 40.5 Å². The molecule has 0 N–H and O–H groups in total. The summed E-state index contributed by atoms with van der Waals surface area (Å²) in [4.78, 5) is 17.6. The van der Waals surface area contributed by atoms with Crippen LogP contribution in [0.5, 0.6) is 0 Å². The van der Waals surface area contributed by atoms with Gasteiger partial charge in [0.15, 0.2) is 0 Å². The van der Waals surface area contributed by atoms with Crippen molar-refractivity contribution in [1.29, 1.82) is 0 Å². The van der Waals surface area contributed by atoms with Gasteiger partial charge in [0.1, 0.15) is 0 Å². The van der Waals surface area contributed by atoms with Crippen molar-refractivity contribution in [1.82, 2.24) is 14.0 Å². The number of benzene rings is 2. The molecule has 1 aliphatic rings. The molecular weight excluding hydrogens is 510 g/mol. The maximum atomic E-state index is 13.0. The molecule has 2 aromatic carbocycles. The van der Waals surface area contributed by atoms with Crippen molar-refractivity contribution < 1.29 is 0 Å². The molecule has 0 saturated heterocycles. The van der Waals surface area contributed by atoms with Crippen LogP contribution in [0.4, 0.5) is 0 Å². The number of unbranched alkanes of at least 4 members (excludes halogenated alkanes) is 3. The second kappa shape index (κ2) is 12.4. The molecule has 0 aliphatic heterocycles. The van der Waals surface area contributed by atoms with E-state index >= 15 is 0 Å². The van der Waals surface area contributed by atoms with Gasteiger partial charge >= 0.3 is 0 Å². The molecule has 0 amide bonds. The van der Waals surface area contributed by atoms with Crippen LogP contribution in [0.25, 0.3) is 27.7 Å². The monoisotopic (exact) mass is 551 g/mol. The van der Waals surface area contributed by atoms with Gasteiger partial charge < -0.3 is 4.57 Å². The van der Waals surface area contributed by atoms with E-state index in [4.69, 9.17) is 0 Å². The van der Waals surface area contributed by atoms with E-state index in [0.29, 0.717) is 17.3 Å². The molecule has 0 spiro atoms. The quantitative estimate of drug-likeness (QED) is 0.204. The molecule has 4 nitrogen and oxygen atoms in total. The summed E-state index contributed by atoms with van der Waals surface area (Å²) >= 11 is 3.57. The second-order valence-corrected chi connectivity index (χ2v) is 11.2. The van der Waals surface area contributed by atoms with Gasteiger partial charge in [0.2, 0.25) is 5.78 Å². The first-order chi connectivity index (χ1) is 17.5. The Bertz CT molecular complexity index is 1360. The fraction of sp³-hybridized carbons (Fsp3) is 0.548. The average Bonchev–Trinajstić information content (AvgIpc) is 3.52. The van der Waals surface area contributed by atoms with Gasteiger partial charge in [-0.25, -0.2) is 0 Å². The topological polar surface area (TPSA) is 39.3 Å². The van der Waals surface area contributed by atoms with Crippen molar-refractivity contribution in [2.75, 3.05) is 0 Å². The highest BCUT2D eigenvalue weighted by atomic mass is 79.9. The van der Waals surface area contributed by atoms with Gasteiger partial charge in [0, 0.05) is 10.5 Å². The molecule has 4 aromatic rings. The zero-order chi connectivity index (χ0) is 25.7. The van der Waals surface area contributed by atoms with Gasteiger partial charge in [0.05, 0.1) is 21.9 Å². The van der Waals surface area contributed by atoms with Crippen LogP contribution in [-0.2, 0) is 0 Å². The Labute approximate surface area is 224 Å². The van der Waals surface area contributed by atoms with Gasteiger partial charge in [-0.15, -0.1) is 0 Å². The Morgan fingerprint density at radius 1 is 0.944 bits per heavy atom. The highest BCUT2D eigenvalue weighted by molar-refractivity contribution is 9.10. The van der Waals surface area contributed by atoms with Gasteiger partial charge in [-0.1, -0.05) is 84.8 Å². The molecular formula is C31H42BrN3O. The zero-order valence-corrected chi connectivity index (χ0v) is 24.1. The maximum Gasteiger partial charge on any atom is 0.283 e. The molecule has 2 aromatic heterocycles. The van der Waals surface area contributed by atoms with Crippen LogP contribution >= 0.6 is 15.9 Å². The van der Waals surface area contributed by atoms with Crippen molar-refractivity contribution in [3.63, 3.8) is 0 Å². The number of nitrogens with zero attached hydrogens (tertiary/aromatic N) is 3. The number of hydrogen-bond donors (Lipinski definition) is 0. The standard InChI is InChI=1S/C25H28BrN3O.C6H14/c1-3-8-16(4-2)17-13-14-20-22(15-17)28(18-9-5-6-10-18)25-27-24(30)23-19(26)11-7-12-21(23)29(20)25;1-3-5-6-4-2/h7,11-16,18H,3-6,8-10H2,1-2H3;3-6H2,1-2H3. The number of rotatable bonds is 8. The number of hydrogen-bond acceptors (Lipinski definition) is 2. The lowest BCUT2D eigenvalue weighted by Crippen LogP contribution is -2.14. The summed E-state index contributed by atoms with van der Waals surface area (Å²) in [5.41, 5.74) is 4.53. The Morgan fingerprint density at radius 3 is 2.31 bits per heavy atom. The third kappa shape index (κ3) is 5.27. The Hall–Kier alpha value is -2.14. The molecule has 2 heterocycles. The number of imidazole rings is 1. The van der Waals surface area contributed by atoms with Crippen LogP contribution in [-0.4, -0.2) is 14.0 Å². The second-order valence-electron chi connectivity index (χ2n) is 10.3. The van der Waals surface area contributed by atoms with Crippen LogP contribution in [0.3, 0.4) is 0 Å². The molecule has 5 heteroatoms. The predicted octanol–water partition coefficient (Wildman–Crippen LogP) is 9.56. The van der Waals surface area contributed by atoms with Crippen molar-refractivity contribution in [3.05, 3.63) is 56.8 Å². The van der Waals surface area contributed by atoms with E-state index in [1.807, 2.05) is 18.2 Å². The molecule has 1 saturated carbocycles. The fourth-order valence-corrected chi connectivity index (χ4v) is 6.40. The maximum absolute atomic E-state index is 13.0. The van der Waals surface area contributed by atoms with Crippen LogP contribution in [0.1, 0.15) is 116 Å². The summed E-state index contributed by atoms with van der Waals surface area (Å²) in [5, 5.41) is 0.655. The summed E-state index contributed by atoms with van der Waals surface area (Å²) < 4.78 is 5.37. The van der Waals surface area contributed by atoms with Crippen molar-refractivity contribution in [3.8, 4) is 0 Å². The third-order valence-corrected chi connectivity index (χ3v) is 8.47. The SMILES string of the molecule is CCCC(CC)c1ccc2c(c1)n(C1CCCC1)c1nc(=O)c3c(Br)cccc3n21.CCCCCC. The van der Waals surface area contributed by atoms with Gasteiger partial charge in [0.25, 0.3) is 5.56 Å². The Morgan fingerprint density at radius 2 is 1.67 bits per heavy atom. The van der Waals surface area contributed by atoms with Gasteiger partial charge in [-0.05, 0) is 77.4 Å². The van der Waals surface area contributed by atoms with Crippen molar-refractivity contribution >= 4 is 43.6 Å². The minimum atomic E-state index is -0.155. The first-order valence-electron chi connectivity index (χ1n) is 14.2. The summed E-state index contributed by atoms with van der Waals surface area (Å²) in [5.74, 6) is 1.36. The van der Waals surface area contributed by atoms with Crippen molar-refractivity contribution in [2.45, 2.75) is 110 Å². The van der Waals surface area contributed by atoms with E-state index < -0.39 is 0 Å². The van der Waals surface area contributed by atoms with E-state index in [2.05, 4.69) is 75.8 Å². The summed E-state index contributed by atoms with van der Waals surface area (Å²) in [7, 11) is 0. The first-order valence-corrected chi connectivity index (χ1v) is 15.0. The lowest BCUT2D eigenvalue weighted by molar-refractivity contribution is 0.542. The molecule has 0 radical (unpaired) electrons. The van der Waals surface area contributed by atoms with E-state index in [1.165, 1.54) is 62.4 Å². The molecule has 5 rings (SSSR count). The smallest absolute Gasteiger partial charge is 0.283 e. The highest BCUT2D eigenvalue weighted by Crippen LogP contribution is 2.37. The zero-order valence-electron chi connectivity index (χ0n) is 22.5. The lowest BCUT2D eigenvalue weighted by Gasteiger charge is -2.17. The van der Waals surface area contributed by atoms with E-state index in [-0.39, 0.29) is 5.56 Å². The average molecular weight is 553 g/mol. The van der Waals surface area contributed by atoms with Crippen LogP contribution in [0.15, 0.2) is 45.7 Å². The summed E-state index contributed by atoms with van der Waals surface area (Å²) in [6.45, 7) is 9.00. The van der Waals surface area contributed by atoms with Gasteiger partial charge in [-0.3, -0.25) is 9.20 Å². The minimum Gasteiger partial charge on any atom is -0.306 e. The predicted molar refractivity (Wildman–Crippen MR) is 157 cm³/mol. The number of halogens is 1. The largest absolute Gasteiger partial charge is 0.306 e. The third-order valence-electron chi connectivity index (χ3n) is 7.81. The fourth-order valence-electron chi connectivity index (χ4n) is 5.88. The van der Waals surface area contributed by atoms with E-state index in [1.54, 1.807) is 0 Å². The van der Waals surface area contributed by atoms with Crippen molar-refractivity contribution in [2.24, 2.45) is 0 Å². The lowest BCUT2D eigenvalue weighted by atomic mass is 9.92. The molecule has 0 bridgehead atoms. The van der Waals surface area contributed by atoms with E-state index in [9.17, 15) is 4.79 Å². The Kier molecular flexibility index (Phi) is 9.27. The summed E-state index contributed by atoms with van der Waals surface area (Å²) in [6.07, 6.45) is 13.9.